The van der Waals surface area contributed by atoms with Gasteiger partial charge >= 0.3 is 0 Å². The lowest BCUT2D eigenvalue weighted by molar-refractivity contribution is 0.293. The van der Waals surface area contributed by atoms with Gasteiger partial charge in [-0.15, -0.1) is 0 Å². The Kier molecular flexibility index (Phi) is 3.58. The van der Waals surface area contributed by atoms with Crippen LogP contribution >= 0.6 is 0 Å². The summed E-state index contributed by atoms with van der Waals surface area (Å²) in [5.41, 5.74) is 3.52. The predicted octanol–water partition coefficient (Wildman–Crippen LogP) is 3.95. The van der Waals surface area contributed by atoms with Crippen molar-refractivity contribution >= 4 is 0 Å². The summed E-state index contributed by atoms with van der Waals surface area (Å²) in [7, 11) is 2.09. The van der Waals surface area contributed by atoms with Gasteiger partial charge in [0.2, 0.25) is 0 Å². The number of rotatable bonds is 3. The van der Waals surface area contributed by atoms with E-state index in [9.17, 15) is 0 Å². The molecular weight excluding hydrogens is 206 g/mol. The Labute approximate surface area is 106 Å². The van der Waals surface area contributed by atoms with E-state index in [4.69, 9.17) is 0 Å². The lowest BCUT2D eigenvalue weighted by Crippen LogP contribution is -2.22. The van der Waals surface area contributed by atoms with Gasteiger partial charge in [-0.25, -0.2) is 0 Å². The Bertz CT molecular complexity index is 375. The summed E-state index contributed by atoms with van der Waals surface area (Å²) in [6, 6.07) is 9.46. The lowest BCUT2D eigenvalue weighted by Gasteiger charge is -2.24. The maximum absolute atomic E-state index is 3.51. The molecule has 2 rings (SSSR count). The van der Waals surface area contributed by atoms with Crippen molar-refractivity contribution in [3.8, 4) is 0 Å². The molecule has 0 spiro atoms. The first-order valence-corrected chi connectivity index (χ1v) is 6.76. The van der Waals surface area contributed by atoms with Crippen LogP contribution in [-0.2, 0) is 6.42 Å². The molecular formula is C16H25N. The second-order valence-corrected chi connectivity index (χ2v) is 6.53. The molecule has 17 heavy (non-hydrogen) atoms. The summed E-state index contributed by atoms with van der Waals surface area (Å²) in [6.45, 7) is 7.01. The van der Waals surface area contributed by atoms with Crippen molar-refractivity contribution in [2.24, 2.45) is 11.3 Å². The molecule has 1 aromatic carbocycles. The predicted molar refractivity (Wildman–Crippen MR) is 74.1 cm³/mol. The molecule has 1 heteroatoms. The van der Waals surface area contributed by atoms with E-state index < -0.39 is 0 Å². The SMILES string of the molecule is CNC1c2ccccc2CC1CCC(C)(C)C. The van der Waals surface area contributed by atoms with Crippen LogP contribution in [0.25, 0.3) is 0 Å². The Balaban J connectivity index is 2.07. The smallest absolute Gasteiger partial charge is 0.0352 e. The number of fused-ring (bicyclic) bond motifs is 1. The summed E-state index contributed by atoms with van der Waals surface area (Å²) >= 11 is 0. The first kappa shape index (κ1) is 12.6. The van der Waals surface area contributed by atoms with E-state index in [1.54, 1.807) is 5.56 Å². The fourth-order valence-corrected chi connectivity index (χ4v) is 2.96. The normalized spacial score (nSPS) is 23.8. The number of hydrogen-bond donors (Lipinski definition) is 1. The molecule has 0 heterocycles. The van der Waals surface area contributed by atoms with E-state index in [1.165, 1.54) is 24.8 Å². The number of hydrogen-bond acceptors (Lipinski definition) is 1. The van der Waals surface area contributed by atoms with Crippen LogP contribution in [0.15, 0.2) is 24.3 Å². The first-order valence-electron chi connectivity index (χ1n) is 6.76. The van der Waals surface area contributed by atoms with Crippen LogP contribution in [0, 0.1) is 11.3 Å². The molecule has 0 saturated heterocycles. The molecule has 0 saturated carbocycles. The summed E-state index contributed by atoms with van der Waals surface area (Å²) in [5.74, 6) is 0.775. The van der Waals surface area contributed by atoms with Crippen LogP contribution in [0.1, 0.15) is 50.8 Å². The molecule has 1 N–H and O–H groups in total. The molecule has 0 amide bonds. The summed E-state index contributed by atoms with van der Waals surface area (Å²) in [6.07, 6.45) is 3.88. The van der Waals surface area contributed by atoms with Crippen LogP contribution in [0.5, 0.6) is 0 Å². The fourth-order valence-electron chi connectivity index (χ4n) is 2.96. The molecule has 0 radical (unpaired) electrons. The standard InChI is InChI=1S/C16H25N/c1-16(2,3)10-9-13-11-12-7-5-6-8-14(12)15(13)17-4/h5-8,13,15,17H,9-11H2,1-4H3. The minimum atomic E-state index is 0.451. The minimum absolute atomic E-state index is 0.451. The maximum atomic E-state index is 3.51. The Morgan fingerprint density at radius 1 is 1.24 bits per heavy atom. The molecule has 0 bridgehead atoms. The average molecular weight is 231 g/mol. The van der Waals surface area contributed by atoms with Crippen LogP contribution in [0.2, 0.25) is 0 Å². The topological polar surface area (TPSA) is 12.0 Å². The summed E-state index contributed by atoms with van der Waals surface area (Å²) < 4.78 is 0. The highest BCUT2D eigenvalue weighted by Gasteiger charge is 2.31. The quantitative estimate of drug-likeness (QED) is 0.830. The third-order valence-corrected chi connectivity index (χ3v) is 3.92. The van der Waals surface area contributed by atoms with E-state index in [0.717, 1.165) is 5.92 Å². The van der Waals surface area contributed by atoms with Gasteiger partial charge in [0, 0.05) is 6.04 Å². The molecule has 1 aliphatic carbocycles. The van der Waals surface area contributed by atoms with E-state index in [1.807, 2.05) is 0 Å². The van der Waals surface area contributed by atoms with Gasteiger partial charge in [-0.05, 0) is 48.8 Å². The minimum Gasteiger partial charge on any atom is -0.313 e. The van der Waals surface area contributed by atoms with E-state index in [2.05, 4.69) is 57.4 Å². The van der Waals surface area contributed by atoms with Crippen molar-refractivity contribution in [3.63, 3.8) is 0 Å². The zero-order valence-electron chi connectivity index (χ0n) is 11.6. The third kappa shape index (κ3) is 2.90. The second-order valence-electron chi connectivity index (χ2n) is 6.53. The third-order valence-electron chi connectivity index (χ3n) is 3.92. The van der Waals surface area contributed by atoms with Crippen LogP contribution < -0.4 is 5.32 Å². The highest BCUT2D eigenvalue weighted by Crippen LogP contribution is 2.39. The molecule has 1 nitrogen and oxygen atoms in total. The van der Waals surface area contributed by atoms with Gasteiger partial charge in [0.1, 0.15) is 0 Å². The molecule has 2 atom stereocenters. The van der Waals surface area contributed by atoms with Gasteiger partial charge < -0.3 is 5.32 Å². The largest absolute Gasteiger partial charge is 0.313 e. The van der Waals surface area contributed by atoms with Crippen molar-refractivity contribution in [1.29, 1.82) is 0 Å². The second kappa shape index (κ2) is 4.81. The van der Waals surface area contributed by atoms with Gasteiger partial charge in [0.15, 0.2) is 0 Å². The van der Waals surface area contributed by atoms with Gasteiger partial charge in [0.25, 0.3) is 0 Å². The molecule has 1 aromatic rings. The van der Waals surface area contributed by atoms with Gasteiger partial charge in [0.05, 0.1) is 0 Å². The highest BCUT2D eigenvalue weighted by molar-refractivity contribution is 5.35. The van der Waals surface area contributed by atoms with Crippen LogP contribution in [0.3, 0.4) is 0 Å². The molecule has 94 valence electrons. The number of nitrogens with one attached hydrogen (secondary N) is 1. The fraction of sp³-hybridized carbons (Fsp3) is 0.625. The van der Waals surface area contributed by atoms with E-state index in [-0.39, 0.29) is 0 Å². The number of benzene rings is 1. The van der Waals surface area contributed by atoms with Crippen LogP contribution in [0.4, 0.5) is 0 Å². The molecule has 0 fully saturated rings. The van der Waals surface area contributed by atoms with E-state index >= 15 is 0 Å². The Hall–Kier alpha value is -0.820. The monoisotopic (exact) mass is 231 g/mol. The van der Waals surface area contributed by atoms with Crippen molar-refractivity contribution in [2.45, 2.75) is 46.1 Å². The summed E-state index contributed by atoms with van der Waals surface area (Å²) in [4.78, 5) is 0. The van der Waals surface area contributed by atoms with Crippen molar-refractivity contribution in [1.82, 2.24) is 5.32 Å². The van der Waals surface area contributed by atoms with Crippen molar-refractivity contribution < 1.29 is 0 Å². The average Bonchev–Trinajstić information content (AvgIpc) is 2.63. The Morgan fingerprint density at radius 2 is 1.94 bits per heavy atom. The zero-order chi connectivity index (χ0) is 12.5. The molecule has 0 aromatic heterocycles. The van der Waals surface area contributed by atoms with Gasteiger partial charge in [-0.1, -0.05) is 45.0 Å². The van der Waals surface area contributed by atoms with E-state index in [0.29, 0.717) is 11.5 Å². The van der Waals surface area contributed by atoms with Gasteiger partial charge in [-0.3, -0.25) is 0 Å². The summed E-state index contributed by atoms with van der Waals surface area (Å²) in [5, 5.41) is 3.51. The lowest BCUT2D eigenvalue weighted by atomic mass is 9.84. The van der Waals surface area contributed by atoms with Gasteiger partial charge in [-0.2, -0.15) is 0 Å². The zero-order valence-corrected chi connectivity index (χ0v) is 11.6. The molecule has 2 unspecified atom stereocenters. The molecule has 0 aliphatic heterocycles. The highest BCUT2D eigenvalue weighted by atomic mass is 14.9. The Morgan fingerprint density at radius 3 is 2.59 bits per heavy atom. The van der Waals surface area contributed by atoms with Crippen molar-refractivity contribution in [2.75, 3.05) is 7.05 Å². The van der Waals surface area contributed by atoms with Crippen LogP contribution in [-0.4, -0.2) is 7.05 Å². The first-order chi connectivity index (χ1) is 8.01. The molecule has 1 aliphatic rings. The van der Waals surface area contributed by atoms with Crippen molar-refractivity contribution in [3.05, 3.63) is 35.4 Å². The maximum Gasteiger partial charge on any atom is 0.0352 e.